The highest BCUT2D eigenvalue weighted by Gasteiger charge is 2.21. The minimum Gasteiger partial charge on any atom is -0.493 e. The Morgan fingerprint density at radius 1 is 1.04 bits per heavy atom. The molecule has 7 heteroatoms. The molecule has 0 N–H and O–H groups in total. The monoisotopic (exact) mass is 377 g/mol. The minimum atomic E-state index is 0.0292. The summed E-state index contributed by atoms with van der Waals surface area (Å²) >= 11 is 5.66. The molecule has 0 bridgehead atoms. The van der Waals surface area contributed by atoms with Crippen LogP contribution in [0, 0.1) is 0 Å². The predicted octanol–water partition coefficient (Wildman–Crippen LogP) is 1.62. The second kappa shape index (κ2) is 8.68. The Bertz CT molecular complexity index is 653. The maximum Gasteiger partial charge on any atom is 0.260 e. The summed E-state index contributed by atoms with van der Waals surface area (Å²) in [6.45, 7) is 5.59. The van der Waals surface area contributed by atoms with E-state index in [-0.39, 0.29) is 12.5 Å². The van der Waals surface area contributed by atoms with Crippen molar-refractivity contribution >= 4 is 23.1 Å². The van der Waals surface area contributed by atoms with Crippen LogP contribution in [0.2, 0.25) is 0 Å². The molecule has 0 radical (unpaired) electrons. The zero-order chi connectivity index (χ0) is 18.5. The van der Waals surface area contributed by atoms with Gasteiger partial charge in [0.25, 0.3) is 5.91 Å². The fraction of sp³-hybridized carbons (Fsp3) is 0.579. The van der Waals surface area contributed by atoms with E-state index in [1.807, 2.05) is 23.1 Å². The molecule has 142 valence electrons. The number of amides is 1. The van der Waals surface area contributed by atoms with E-state index in [9.17, 15) is 4.79 Å². The predicted molar refractivity (Wildman–Crippen MR) is 105 cm³/mol. The molecule has 0 unspecified atom stereocenters. The Hall–Kier alpha value is -1.86. The molecule has 2 saturated heterocycles. The van der Waals surface area contributed by atoms with E-state index in [0.717, 1.165) is 62.7 Å². The van der Waals surface area contributed by atoms with Crippen LogP contribution >= 0.6 is 12.2 Å². The van der Waals surface area contributed by atoms with Crippen molar-refractivity contribution in [1.82, 2.24) is 14.7 Å². The fourth-order valence-electron chi connectivity index (χ4n) is 3.31. The smallest absolute Gasteiger partial charge is 0.260 e. The van der Waals surface area contributed by atoms with Crippen LogP contribution in [-0.4, -0.2) is 85.6 Å². The molecule has 0 saturated carbocycles. The summed E-state index contributed by atoms with van der Waals surface area (Å²) in [7, 11) is 3.73. The molecule has 2 aliphatic rings. The highest BCUT2D eigenvalue weighted by molar-refractivity contribution is 7.80. The SMILES string of the molecule is COc1cc(C(=S)N2CCN(C)CC2)ccc1OCC(=O)N1CCCC1. The van der Waals surface area contributed by atoms with Crippen LogP contribution in [0.25, 0.3) is 0 Å². The van der Waals surface area contributed by atoms with Crippen molar-refractivity contribution in [2.45, 2.75) is 12.8 Å². The lowest BCUT2D eigenvalue weighted by Crippen LogP contribution is -2.46. The molecule has 1 aromatic rings. The molecule has 2 aliphatic heterocycles. The Balaban J connectivity index is 1.63. The summed E-state index contributed by atoms with van der Waals surface area (Å²) < 4.78 is 11.2. The van der Waals surface area contributed by atoms with E-state index in [0.29, 0.717) is 11.5 Å². The number of thiocarbonyl (C=S) groups is 1. The highest BCUT2D eigenvalue weighted by atomic mass is 32.1. The fourth-order valence-corrected chi connectivity index (χ4v) is 3.62. The van der Waals surface area contributed by atoms with Crippen molar-refractivity contribution in [2.24, 2.45) is 0 Å². The van der Waals surface area contributed by atoms with E-state index in [1.165, 1.54) is 0 Å². The third kappa shape index (κ3) is 4.45. The summed E-state index contributed by atoms with van der Waals surface area (Å²) in [5, 5.41) is 0. The van der Waals surface area contributed by atoms with Crippen molar-refractivity contribution in [1.29, 1.82) is 0 Å². The van der Waals surface area contributed by atoms with Gasteiger partial charge >= 0.3 is 0 Å². The Labute approximate surface area is 160 Å². The normalized spacial score (nSPS) is 18.1. The average molecular weight is 378 g/mol. The molecule has 2 fully saturated rings. The van der Waals surface area contributed by atoms with Crippen LogP contribution in [-0.2, 0) is 4.79 Å². The number of hydrogen-bond donors (Lipinski definition) is 0. The van der Waals surface area contributed by atoms with Crippen LogP contribution in [0.3, 0.4) is 0 Å². The van der Waals surface area contributed by atoms with Gasteiger partial charge in [0.15, 0.2) is 18.1 Å². The summed E-state index contributed by atoms with van der Waals surface area (Å²) in [5.74, 6) is 1.21. The van der Waals surface area contributed by atoms with Gasteiger partial charge in [-0.2, -0.15) is 0 Å². The van der Waals surface area contributed by atoms with Gasteiger partial charge in [-0.15, -0.1) is 0 Å². The van der Waals surface area contributed by atoms with Crippen molar-refractivity contribution < 1.29 is 14.3 Å². The summed E-state index contributed by atoms with van der Waals surface area (Å²) in [6, 6.07) is 5.68. The average Bonchev–Trinajstić information content (AvgIpc) is 3.21. The van der Waals surface area contributed by atoms with E-state index in [4.69, 9.17) is 21.7 Å². The standard InChI is InChI=1S/C19H27N3O3S/c1-20-9-11-22(12-10-20)19(26)15-5-6-16(17(13-15)24-2)25-14-18(23)21-7-3-4-8-21/h5-6,13H,3-4,7-12,14H2,1-2H3. The van der Waals surface area contributed by atoms with E-state index < -0.39 is 0 Å². The summed E-state index contributed by atoms with van der Waals surface area (Å²) in [5.41, 5.74) is 0.944. The summed E-state index contributed by atoms with van der Waals surface area (Å²) in [6.07, 6.45) is 2.15. The third-order valence-corrected chi connectivity index (χ3v) is 5.50. The second-order valence-electron chi connectivity index (χ2n) is 6.84. The lowest BCUT2D eigenvalue weighted by molar-refractivity contribution is -0.132. The van der Waals surface area contributed by atoms with Gasteiger partial charge in [-0.05, 0) is 38.1 Å². The van der Waals surface area contributed by atoms with Gasteiger partial charge < -0.3 is 24.2 Å². The van der Waals surface area contributed by atoms with Crippen LogP contribution in [0.1, 0.15) is 18.4 Å². The largest absolute Gasteiger partial charge is 0.493 e. The minimum absolute atomic E-state index is 0.0292. The topological polar surface area (TPSA) is 45.3 Å². The Morgan fingerprint density at radius 3 is 2.38 bits per heavy atom. The molecular formula is C19H27N3O3S. The zero-order valence-corrected chi connectivity index (χ0v) is 16.4. The zero-order valence-electron chi connectivity index (χ0n) is 15.6. The maximum atomic E-state index is 12.2. The van der Waals surface area contributed by atoms with Crippen LogP contribution in [0.5, 0.6) is 11.5 Å². The molecule has 26 heavy (non-hydrogen) atoms. The van der Waals surface area contributed by atoms with Gasteiger partial charge in [0, 0.05) is 44.8 Å². The molecule has 0 spiro atoms. The number of benzene rings is 1. The highest BCUT2D eigenvalue weighted by Crippen LogP contribution is 2.29. The van der Waals surface area contributed by atoms with Crippen LogP contribution < -0.4 is 9.47 Å². The molecule has 1 aromatic carbocycles. The number of methoxy groups -OCH3 is 1. The number of rotatable bonds is 5. The first-order chi connectivity index (χ1) is 12.6. The first kappa shape index (κ1) is 18.9. The number of ether oxygens (including phenoxy) is 2. The van der Waals surface area contributed by atoms with Crippen molar-refractivity contribution in [3.05, 3.63) is 23.8 Å². The second-order valence-corrected chi connectivity index (χ2v) is 7.22. The lowest BCUT2D eigenvalue weighted by atomic mass is 10.1. The van der Waals surface area contributed by atoms with E-state index in [2.05, 4.69) is 16.8 Å². The molecule has 2 heterocycles. The number of nitrogens with zero attached hydrogens (tertiary/aromatic N) is 3. The molecule has 3 rings (SSSR count). The van der Waals surface area contributed by atoms with Crippen molar-refractivity contribution in [3.63, 3.8) is 0 Å². The third-order valence-electron chi connectivity index (χ3n) is 5.01. The quantitative estimate of drug-likeness (QED) is 0.727. The molecule has 0 aromatic heterocycles. The van der Waals surface area contributed by atoms with E-state index >= 15 is 0 Å². The van der Waals surface area contributed by atoms with Gasteiger partial charge in [-0.1, -0.05) is 12.2 Å². The lowest BCUT2D eigenvalue weighted by Gasteiger charge is -2.34. The molecule has 0 aliphatic carbocycles. The van der Waals surface area contributed by atoms with Crippen LogP contribution in [0.15, 0.2) is 18.2 Å². The maximum absolute atomic E-state index is 12.2. The number of carbonyl (C=O) groups is 1. The van der Waals surface area contributed by atoms with Gasteiger partial charge in [-0.25, -0.2) is 0 Å². The first-order valence-corrected chi connectivity index (χ1v) is 9.56. The van der Waals surface area contributed by atoms with Gasteiger partial charge in [0.05, 0.1) is 7.11 Å². The first-order valence-electron chi connectivity index (χ1n) is 9.15. The molecule has 0 atom stereocenters. The number of hydrogen-bond acceptors (Lipinski definition) is 5. The Kier molecular flexibility index (Phi) is 6.32. The number of likely N-dealkylation sites (N-methyl/N-ethyl adjacent to an activating group) is 1. The van der Waals surface area contributed by atoms with Gasteiger partial charge in [-0.3, -0.25) is 4.79 Å². The van der Waals surface area contributed by atoms with Crippen molar-refractivity contribution in [3.8, 4) is 11.5 Å². The number of likely N-dealkylation sites (tertiary alicyclic amines) is 1. The number of piperazine rings is 1. The van der Waals surface area contributed by atoms with Crippen molar-refractivity contribution in [2.75, 3.05) is 60.0 Å². The van der Waals surface area contributed by atoms with E-state index in [1.54, 1.807) is 7.11 Å². The number of carbonyl (C=O) groups excluding carboxylic acids is 1. The molecule has 1 amide bonds. The molecule has 6 nitrogen and oxygen atoms in total. The summed E-state index contributed by atoms with van der Waals surface area (Å²) in [4.78, 5) is 19.4. The van der Waals surface area contributed by atoms with Gasteiger partial charge in [0.1, 0.15) is 4.99 Å². The Morgan fingerprint density at radius 2 is 1.73 bits per heavy atom. The van der Waals surface area contributed by atoms with Gasteiger partial charge in [0.2, 0.25) is 0 Å². The van der Waals surface area contributed by atoms with Crippen LogP contribution in [0.4, 0.5) is 0 Å². The molecular weight excluding hydrogens is 350 g/mol.